The molecule has 2 heteroatoms. The molecule has 1 aromatic carbocycles. The minimum absolute atomic E-state index is 0.556. The van der Waals surface area contributed by atoms with Crippen molar-refractivity contribution in [3.8, 4) is 0 Å². The van der Waals surface area contributed by atoms with Crippen LogP contribution in [0.15, 0.2) is 30.3 Å². The molecule has 0 radical (unpaired) electrons. The van der Waals surface area contributed by atoms with E-state index < -0.39 is 0 Å². The topological polar surface area (TPSA) is 6.48 Å². The fourth-order valence-corrected chi connectivity index (χ4v) is 2.41. The smallest absolute Gasteiger partial charge is 0.0320 e. The van der Waals surface area contributed by atoms with E-state index in [1.165, 1.54) is 38.3 Å². The van der Waals surface area contributed by atoms with Gasteiger partial charge in [-0.3, -0.25) is 4.90 Å². The molecule has 1 saturated heterocycles. The summed E-state index contributed by atoms with van der Waals surface area (Å²) in [7, 11) is 0. The van der Waals surface area contributed by atoms with E-state index in [4.69, 9.17) is 0 Å². The van der Waals surface area contributed by atoms with Gasteiger partial charge in [0.1, 0.15) is 0 Å². The summed E-state index contributed by atoms with van der Waals surface area (Å²) in [5.41, 5.74) is 1.44. The Morgan fingerprint density at radius 1 is 1.06 bits per heavy atom. The Morgan fingerprint density at radius 2 is 1.69 bits per heavy atom. The molecule has 0 aromatic heterocycles. The number of piperazine rings is 1. The average molecular weight is 218 g/mol. The lowest BCUT2D eigenvalue weighted by atomic mass is 10.1. The SMILES string of the molecule is CCN1CCN([C@@H](C)c2ccccc2)CC1. The lowest BCUT2D eigenvalue weighted by Crippen LogP contribution is -2.46. The Balaban J connectivity index is 1.94. The Bertz CT molecular complexity index is 302. The zero-order valence-corrected chi connectivity index (χ0v) is 10.4. The highest BCUT2D eigenvalue weighted by molar-refractivity contribution is 5.18. The van der Waals surface area contributed by atoms with Crippen LogP contribution in [-0.4, -0.2) is 42.5 Å². The molecule has 1 fully saturated rings. The Hall–Kier alpha value is -0.860. The molecular formula is C14H22N2. The van der Waals surface area contributed by atoms with Crippen molar-refractivity contribution < 1.29 is 0 Å². The first kappa shape index (κ1) is 11.6. The van der Waals surface area contributed by atoms with E-state index in [1.807, 2.05) is 0 Å². The van der Waals surface area contributed by atoms with E-state index in [9.17, 15) is 0 Å². The zero-order valence-electron chi connectivity index (χ0n) is 10.4. The number of rotatable bonds is 3. The summed E-state index contributed by atoms with van der Waals surface area (Å²) in [6.45, 7) is 10.6. The Morgan fingerprint density at radius 3 is 2.25 bits per heavy atom. The zero-order chi connectivity index (χ0) is 11.4. The lowest BCUT2D eigenvalue weighted by Gasteiger charge is -2.37. The van der Waals surface area contributed by atoms with Crippen LogP contribution < -0.4 is 0 Å². The second-order valence-corrected chi connectivity index (χ2v) is 4.56. The highest BCUT2D eigenvalue weighted by atomic mass is 15.3. The number of hydrogen-bond acceptors (Lipinski definition) is 2. The van der Waals surface area contributed by atoms with E-state index >= 15 is 0 Å². The second-order valence-electron chi connectivity index (χ2n) is 4.56. The minimum atomic E-state index is 0.556. The first-order chi connectivity index (χ1) is 7.81. The van der Waals surface area contributed by atoms with Gasteiger partial charge in [0, 0.05) is 32.2 Å². The van der Waals surface area contributed by atoms with Crippen LogP contribution in [0.5, 0.6) is 0 Å². The molecule has 1 aliphatic heterocycles. The van der Waals surface area contributed by atoms with Gasteiger partial charge in [0.2, 0.25) is 0 Å². The average Bonchev–Trinajstić information content (AvgIpc) is 2.39. The van der Waals surface area contributed by atoms with E-state index in [-0.39, 0.29) is 0 Å². The van der Waals surface area contributed by atoms with Crippen molar-refractivity contribution in [3.05, 3.63) is 35.9 Å². The molecule has 1 heterocycles. The van der Waals surface area contributed by atoms with Crippen molar-refractivity contribution >= 4 is 0 Å². The molecule has 1 aliphatic rings. The molecule has 2 rings (SSSR count). The predicted octanol–water partition coefficient (Wildman–Crippen LogP) is 2.39. The molecule has 2 nitrogen and oxygen atoms in total. The quantitative estimate of drug-likeness (QED) is 0.768. The number of benzene rings is 1. The van der Waals surface area contributed by atoms with Gasteiger partial charge in [-0.1, -0.05) is 37.3 Å². The Labute approximate surface area is 98.9 Å². The summed E-state index contributed by atoms with van der Waals surface area (Å²) >= 11 is 0. The standard InChI is InChI=1S/C14H22N2/c1-3-15-9-11-16(12-10-15)13(2)14-7-5-4-6-8-14/h4-8,13H,3,9-12H2,1-2H3/t13-/m0/s1. The van der Waals surface area contributed by atoms with Crippen molar-refractivity contribution in [1.82, 2.24) is 9.80 Å². The molecule has 1 atom stereocenters. The van der Waals surface area contributed by atoms with Crippen LogP contribution in [0, 0.1) is 0 Å². The fraction of sp³-hybridized carbons (Fsp3) is 0.571. The normalized spacial score (nSPS) is 20.9. The van der Waals surface area contributed by atoms with Gasteiger partial charge in [-0.15, -0.1) is 0 Å². The van der Waals surface area contributed by atoms with Gasteiger partial charge in [0.05, 0.1) is 0 Å². The first-order valence-corrected chi connectivity index (χ1v) is 6.32. The van der Waals surface area contributed by atoms with Gasteiger partial charge in [-0.25, -0.2) is 0 Å². The lowest BCUT2D eigenvalue weighted by molar-refractivity contribution is 0.106. The summed E-state index contributed by atoms with van der Waals surface area (Å²) < 4.78 is 0. The van der Waals surface area contributed by atoms with Crippen LogP contribution in [0.2, 0.25) is 0 Å². The van der Waals surface area contributed by atoms with Crippen molar-refractivity contribution in [2.75, 3.05) is 32.7 Å². The highest BCUT2D eigenvalue weighted by Gasteiger charge is 2.20. The summed E-state index contributed by atoms with van der Waals surface area (Å²) in [6, 6.07) is 11.4. The third-order valence-corrected chi connectivity index (χ3v) is 3.68. The maximum absolute atomic E-state index is 2.58. The van der Waals surface area contributed by atoms with Gasteiger partial charge < -0.3 is 4.90 Å². The van der Waals surface area contributed by atoms with Gasteiger partial charge in [0.15, 0.2) is 0 Å². The molecule has 16 heavy (non-hydrogen) atoms. The molecule has 0 unspecified atom stereocenters. The monoisotopic (exact) mass is 218 g/mol. The minimum Gasteiger partial charge on any atom is -0.301 e. The molecule has 0 aliphatic carbocycles. The first-order valence-electron chi connectivity index (χ1n) is 6.32. The molecule has 0 amide bonds. The van der Waals surface area contributed by atoms with Crippen LogP contribution in [0.1, 0.15) is 25.5 Å². The molecule has 88 valence electrons. The van der Waals surface area contributed by atoms with E-state index in [2.05, 4.69) is 54.0 Å². The van der Waals surface area contributed by atoms with Crippen LogP contribution in [-0.2, 0) is 0 Å². The van der Waals surface area contributed by atoms with Gasteiger partial charge in [-0.2, -0.15) is 0 Å². The number of hydrogen-bond donors (Lipinski definition) is 0. The van der Waals surface area contributed by atoms with Gasteiger partial charge in [-0.05, 0) is 19.0 Å². The molecule has 0 bridgehead atoms. The molecule has 0 saturated carbocycles. The summed E-state index contributed by atoms with van der Waals surface area (Å²) in [5, 5.41) is 0. The van der Waals surface area contributed by atoms with Crippen molar-refractivity contribution in [1.29, 1.82) is 0 Å². The third kappa shape index (κ3) is 2.63. The van der Waals surface area contributed by atoms with Crippen molar-refractivity contribution in [2.24, 2.45) is 0 Å². The predicted molar refractivity (Wildman–Crippen MR) is 68.5 cm³/mol. The van der Waals surface area contributed by atoms with E-state index in [0.29, 0.717) is 6.04 Å². The summed E-state index contributed by atoms with van der Waals surface area (Å²) in [5.74, 6) is 0. The second kappa shape index (κ2) is 5.46. The molecule has 0 spiro atoms. The number of likely N-dealkylation sites (N-methyl/N-ethyl adjacent to an activating group) is 1. The van der Waals surface area contributed by atoms with Crippen molar-refractivity contribution in [3.63, 3.8) is 0 Å². The maximum atomic E-state index is 2.58. The van der Waals surface area contributed by atoms with Crippen molar-refractivity contribution in [2.45, 2.75) is 19.9 Å². The maximum Gasteiger partial charge on any atom is 0.0320 e. The molecule has 1 aromatic rings. The van der Waals surface area contributed by atoms with E-state index in [1.54, 1.807) is 0 Å². The van der Waals surface area contributed by atoms with Crippen LogP contribution in [0.4, 0.5) is 0 Å². The summed E-state index contributed by atoms with van der Waals surface area (Å²) in [4.78, 5) is 5.11. The van der Waals surface area contributed by atoms with E-state index in [0.717, 1.165) is 0 Å². The highest BCUT2D eigenvalue weighted by Crippen LogP contribution is 2.20. The molecular weight excluding hydrogens is 196 g/mol. The molecule has 0 N–H and O–H groups in total. The van der Waals surface area contributed by atoms with Gasteiger partial charge in [0.25, 0.3) is 0 Å². The Kier molecular flexibility index (Phi) is 3.97. The third-order valence-electron chi connectivity index (χ3n) is 3.68. The van der Waals surface area contributed by atoms with Crippen LogP contribution >= 0.6 is 0 Å². The van der Waals surface area contributed by atoms with Gasteiger partial charge >= 0.3 is 0 Å². The summed E-state index contributed by atoms with van der Waals surface area (Å²) in [6.07, 6.45) is 0. The number of nitrogens with zero attached hydrogens (tertiary/aromatic N) is 2. The fourth-order valence-electron chi connectivity index (χ4n) is 2.41. The largest absolute Gasteiger partial charge is 0.301 e. The van der Waals surface area contributed by atoms with Crippen LogP contribution in [0.25, 0.3) is 0 Å². The van der Waals surface area contributed by atoms with Crippen LogP contribution in [0.3, 0.4) is 0 Å².